The SMILES string of the molecule is COc1ccc(CN[C@H](Cc2ccsc2)c2nc(C)cs2)cc1. The Hall–Kier alpha value is -1.69. The maximum atomic E-state index is 5.21. The van der Waals surface area contributed by atoms with E-state index in [0.717, 1.165) is 29.4 Å². The summed E-state index contributed by atoms with van der Waals surface area (Å²) in [6.45, 7) is 2.86. The molecule has 3 rings (SSSR count). The molecule has 0 saturated heterocycles. The van der Waals surface area contributed by atoms with Crippen molar-refractivity contribution in [1.29, 1.82) is 0 Å². The van der Waals surface area contributed by atoms with E-state index in [1.807, 2.05) is 19.1 Å². The minimum atomic E-state index is 0.241. The van der Waals surface area contributed by atoms with Gasteiger partial charge in [-0.25, -0.2) is 4.98 Å². The van der Waals surface area contributed by atoms with E-state index in [9.17, 15) is 0 Å². The van der Waals surface area contributed by atoms with Crippen molar-refractivity contribution in [2.75, 3.05) is 7.11 Å². The van der Waals surface area contributed by atoms with Crippen LogP contribution in [0.25, 0.3) is 0 Å². The summed E-state index contributed by atoms with van der Waals surface area (Å²) in [5.74, 6) is 0.888. The van der Waals surface area contributed by atoms with E-state index in [1.54, 1.807) is 29.8 Å². The van der Waals surface area contributed by atoms with Crippen LogP contribution in [0.5, 0.6) is 5.75 Å². The van der Waals surface area contributed by atoms with Gasteiger partial charge in [-0.2, -0.15) is 11.3 Å². The van der Waals surface area contributed by atoms with E-state index >= 15 is 0 Å². The quantitative estimate of drug-likeness (QED) is 0.680. The van der Waals surface area contributed by atoms with Crippen molar-refractivity contribution in [3.63, 3.8) is 0 Å². The molecular weight excluding hydrogens is 324 g/mol. The molecule has 2 aromatic heterocycles. The number of thiophene rings is 1. The number of hydrogen-bond donors (Lipinski definition) is 1. The van der Waals surface area contributed by atoms with Gasteiger partial charge in [-0.3, -0.25) is 0 Å². The highest BCUT2D eigenvalue weighted by atomic mass is 32.1. The zero-order chi connectivity index (χ0) is 16.1. The first-order chi connectivity index (χ1) is 11.2. The van der Waals surface area contributed by atoms with Crippen LogP contribution in [0.1, 0.15) is 27.9 Å². The number of ether oxygens (including phenoxy) is 1. The Labute approximate surface area is 145 Å². The summed E-state index contributed by atoms with van der Waals surface area (Å²) >= 11 is 3.47. The van der Waals surface area contributed by atoms with Crippen LogP contribution < -0.4 is 10.1 Å². The van der Waals surface area contributed by atoms with Crippen LogP contribution in [0, 0.1) is 6.92 Å². The summed E-state index contributed by atoms with van der Waals surface area (Å²) in [6.07, 6.45) is 0.965. The Bertz CT molecular complexity index is 720. The molecule has 0 unspecified atom stereocenters. The summed E-state index contributed by atoms with van der Waals surface area (Å²) in [5, 5.41) is 11.3. The van der Waals surface area contributed by atoms with Crippen molar-refractivity contribution in [2.45, 2.75) is 25.9 Å². The molecule has 0 fully saturated rings. The van der Waals surface area contributed by atoms with Gasteiger partial charge in [0.05, 0.1) is 13.2 Å². The van der Waals surface area contributed by atoms with Gasteiger partial charge in [0, 0.05) is 17.6 Å². The molecular formula is C18H20N2OS2. The lowest BCUT2D eigenvalue weighted by molar-refractivity contribution is 0.414. The zero-order valence-corrected chi connectivity index (χ0v) is 14.9. The third kappa shape index (κ3) is 4.41. The van der Waals surface area contributed by atoms with Crippen LogP contribution >= 0.6 is 22.7 Å². The molecule has 23 heavy (non-hydrogen) atoms. The van der Waals surface area contributed by atoms with E-state index in [0.29, 0.717) is 0 Å². The topological polar surface area (TPSA) is 34.1 Å². The summed E-state index contributed by atoms with van der Waals surface area (Å²) < 4.78 is 5.21. The van der Waals surface area contributed by atoms with Gasteiger partial charge < -0.3 is 10.1 Å². The lowest BCUT2D eigenvalue weighted by Crippen LogP contribution is -2.22. The first-order valence-corrected chi connectivity index (χ1v) is 9.36. The maximum Gasteiger partial charge on any atom is 0.118 e. The van der Waals surface area contributed by atoms with Crippen molar-refractivity contribution < 1.29 is 4.74 Å². The summed E-state index contributed by atoms with van der Waals surface area (Å²) in [7, 11) is 1.69. The lowest BCUT2D eigenvalue weighted by Gasteiger charge is -2.16. The van der Waals surface area contributed by atoms with Crippen LogP contribution in [0.3, 0.4) is 0 Å². The Balaban J connectivity index is 1.70. The number of rotatable bonds is 7. The van der Waals surface area contributed by atoms with Gasteiger partial charge in [0.25, 0.3) is 0 Å². The molecule has 1 atom stereocenters. The number of nitrogens with one attached hydrogen (secondary N) is 1. The average Bonchev–Trinajstić information content (AvgIpc) is 3.23. The van der Waals surface area contributed by atoms with Gasteiger partial charge >= 0.3 is 0 Å². The highest BCUT2D eigenvalue weighted by Crippen LogP contribution is 2.24. The molecule has 0 aliphatic rings. The van der Waals surface area contributed by atoms with Gasteiger partial charge in [0.1, 0.15) is 10.8 Å². The van der Waals surface area contributed by atoms with Crippen molar-refractivity contribution >= 4 is 22.7 Å². The second-order valence-electron chi connectivity index (χ2n) is 5.44. The zero-order valence-electron chi connectivity index (χ0n) is 13.3. The smallest absolute Gasteiger partial charge is 0.118 e. The standard InChI is InChI=1S/C18H20N2OS2/c1-13-11-23-18(20-13)17(9-15-7-8-22-12-15)19-10-14-3-5-16(21-2)6-4-14/h3-8,11-12,17,19H,9-10H2,1-2H3/t17-/m1/s1. The van der Waals surface area contributed by atoms with Gasteiger partial charge in [-0.15, -0.1) is 11.3 Å². The van der Waals surface area contributed by atoms with Crippen LogP contribution in [-0.2, 0) is 13.0 Å². The fourth-order valence-electron chi connectivity index (χ4n) is 2.41. The third-order valence-electron chi connectivity index (χ3n) is 3.67. The summed E-state index contributed by atoms with van der Waals surface area (Å²) in [4.78, 5) is 4.67. The molecule has 0 radical (unpaired) electrons. The Morgan fingerprint density at radius 1 is 1.13 bits per heavy atom. The van der Waals surface area contributed by atoms with E-state index in [-0.39, 0.29) is 6.04 Å². The van der Waals surface area contributed by atoms with Gasteiger partial charge in [0.2, 0.25) is 0 Å². The molecule has 0 spiro atoms. The van der Waals surface area contributed by atoms with Crippen LogP contribution in [0.2, 0.25) is 0 Å². The number of methoxy groups -OCH3 is 1. The molecule has 120 valence electrons. The van der Waals surface area contributed by atoms with Crippen molar-refractivity contribution in [3.05, 3.63) is 68.3 Å². The number of nitrogens with zero attached hydrogens (tertiary/aromatic N) is 1. The van der Waals surface area contributed by atoms with Gasteiger partial charge in [-0.05, 0) is 53.4 Å². The fourth-order valence-corrected chi connectivity index (χ4v) is 3.96. The van der Waals surface area contributed by atoms with Gasteiger partial charge in [0.15, 0.2) is 0 Å². The fraction of sp³-hybridized carbons (Fsp3) is 0.278. The number of thiazole rings is 1. The van der Waals surface area contributed by atoms with E-state index in [2.05, 4.69) is 44.6 Å². The summed E-state index contributed by atoms with van der Waals surface area (Å²) in [6, 6.07) is 10.6. The average molecular weight is 345 g/mol. The Kier molecular flexibility index (Phi) is 5.43. The van der Waals surface area contributed by atoms with Crippen LogP contribution in [-0.4, -0.2) is 12.1 Å². The second-order valence-corrected chi connectivity index (χ2v) is 7.11. The van der Waals surface area contributed by atoms with Crippen molar-refractivity contribution in [2.24, 2.45) is 0 Å². The predicted molar refractivity (Wildman–Crippen MR) is 97.4 cm³/mol. The lowest BCUT2D eigenvalue weighted by atomic mass is 10.1. The number of benzene rings is 1. The monoisotopic (exact) mass is 344 g/mol. The minimum absolute atomic E-state index is 0.241. The van der Waals surface area contributed by atoms with E-state index < -0.39 is 0 Å². The molecule has 5 heteroatoms. The molecule has 0 amide bonds. The Morgan fingerprint density at radius 2 is 1.96 bits per heavy atom. The predicted octanol–water partition coefficient (Wildman–Crippen LogP) is 4.60. The molecule has 3 aromatic rings. The highest BCUT2D eigenvalue weighted by molar-refractivity contribution is 7.09. The molecule has 0 bridgehead atoms. The first-order valence-electron chi connectivity index (χ1n) is 7.54. The normalized spacial score (nSPS) is 12.3. The summed E-state index contributed by atoms with van der Waals surface area (Å²) in [5.41, 5.74) is 3.69. The maximum absolute atomic E-state index is 5.21. The number of hydrogen-bond acceptors (Lipinski definition) is 5. The van der Waals surface area contributed by atoms with Crippen LogP contribution in [0.4, 0.5) is 0 Å². The molecule has 0 aliphatic heterocycles. The molecule has 0 saturated carbocycles. The molecule has 1 N–H and O–H groups in total. The molecule has 3 nitrogen and oxygen atoms in total. The van der Waals surface area contributed by atoms with E-state index in [4.69, 9.17) is 4.74 Å². The first kappa shape index (κ1) is 16.2. The number of aryl methyl sites for hydroxylation is 1. The van der Waals surface area contributed by atoms with Crippen molar-refractivity contribution in [1.82, 2.24) is 10.3 Å². The largest absolute Gasteiger partial charge is 0.497 e. The van der Waals surface area contributed by atoms with Crippen molar-refractivity contribution in [3.8, 4) is 5.75 Å². The minimum Gasteiger partial charge on any atom is -0.497 e. The molecule has 2 heterocycles. The second kappa shape index (κ2) is 7.73. The number of aromatic nitrogens is 1. The van der Waals surface area contributed by atoms with Gasteiger partial charge in [-0.1, -0.05) is 12.1 Å². The Morgan fingerprint density at radius 3 is 2.57 bits per heavy atom. The molecule has 0 aliphatic carbocycles. The molecule has 1 aromatic carbocycles. The van der Waals surface area contributed by atoms with E-state index in [1.165, 1.54) is 11.1 Å². The third-order valence-corrected chi connectivity index (χ3v) is 5.47. The van der Waals surface area contributed by atoms with Crippen LogP contribution in [0.15, 0.2) is 46.5 Å². The highest BCUT2D eigenvalue weighted by Gasteiger charge is 2.15.